The van der Waals surface area contributed by atoms with Gasteiger partial charge in [0.05, 0.1) is 11.4 Å². The van der Waals surface area contributed by atoms with Gasteiger partial charge in [-0.15, -0.1) is 0 Å². The number of H-pyrrole nitrogens is 2. The zero-order chi connectivity index (χ0) is 19.2. The fourth-order valence-corrected chi connectivity index (χ4v) is 3.33. The summed E-state index contributed by atoms with van der Waals surface area (Å²) in [4.78, 5) is 1.72. The third-order valence-electron chi connectivity index (χ3n) is 4.59. The average Bonchev–Trinajstić information content (AvgIpc) is 3.43. The third-order valence-corrected chi connectivity index (χ3v) is 4.59. The molecule has 0 bridgehead atoms. The molecule has 2 aliphatic rings. The monoisotopic (exact) mass is 352 g/mol. The number of hydrogen-bond acceptors (Lipinski definition) is 6. The third kappa shape index (κ3) is 1.62. The van der Waals surface area contributed by atoms with Crippen molar-refractivity contribution in [2.75, 3.05) is 13.6 Å². The lowest BCUT2D eigenvalue weighted by Crippen LogP contribution is -1.96. The minimum atomic E-state index is -0.531. The molecule has 0 atom stereocenters. The van der Waals surface area contributed by atoms with Crippen LogP contribution in [0.15, 0.2) is 24.3 Å². The Bertz CT molecular complexity index is 1130. The lowest BCUT2D eigenvalue weighted by atomic mass is 10.2. The Morgan fingerprint density at radius 1 is 0.692 bits per heavy atom. The first kappa shape index (κ1) is 11.8. The highest BCUT2D eigenvalue weighted by atomic mass is 16.7. The van der Waals surface area contributed by atoms with Gasteiger partial charge < -0.3 is 39.1 Å². The van der Waals surface area contributed by atoms with E-state index in [0.29, 0.717) is 23.0 Å². The zero-order valence-electron chi connectivity index (χ0n) is 15.1. The number of ether oxygens (including phenoxy) is 4. The van der Waals surface area contributed by atoms with Crippen LogP contribution in [0.1, 0.15) is 0 Å². The van der Waals surface area contributed by atoms with Crippen LogP contribution in [-0.4, -0.2) is 23.5 Å². The molecule has 0 fully saturated rings. The molecule has 0 radical (unpaired) electrons. The van der Waals surface area contributed by atoms with Crippen molar-refractivity contribution in [3.05, 3.63) is 24.3 Å². The molecule has 2 N–H and O–H groups in total. The first-order chi connectivity index (χ1) is 13.5. The van der Waals surface area contributed by atoms with Crippen LogP contribution in [-0.2, 0) is 0 Å². The summed E-state index contributed by atoms with van der Waals surface area (Å²) in [6.45, 7) is 0.0862. The van der Waals surface area contributed by atoms with Crippen LogP contribution in [0.3, 0.4) is 0 Å². The lowest BCUT2D eigenvalue weighted by Gasteiger charge is -2.12. The van der Waals surface area contributed by atoms with Crippen LogP contribution in [0.5, 0.6) is 34.5 Å². The number of nitrogens with one attached hydrogen (secondary N) is 2. The first-order valence-corrected chi connectivity index (χ1v) is 7.83. The Balaban J connectivity index is 1.67. The van der Waals surface area contributed by atoms with Gasteiger partial charge in [-0.25, -0.2) is 0 Å². The SMILES string of the molecule is [2H]n1c(-c2c([O-])c3cc4c(cc3n2[2H])OCO4)c([O-])c2cc3c(cc21)OCO3. The van der Waals surface area contributed by atoms with E-state index in [1.54, 1.807) is 0 Å². The van der Waals surface area contributed by atoms with Gasteiger partial charge in [-0.3, -0.25) is 0 Å². The van der Waals surface area contributed by atoms with Crippen LogP contribution in [0.4, 0.5) is 0 Å². The van der Waals surface area contributed by atoms with Gasteiger partial charge >= 0.3 is 0 Å². The van der Waals surface area contributed by atoms with Gasteiger partial charge in [0, 0.05) is 23.2 Å². The Morgan fingerprint density at radius 2 is 1.08 bits per heavy atom. The van der Waals surface area contributed by atoms with Crippen LogP contribution in [0.25, 0.3) is 33.2 Å². The maximum Gasteiger partial charge on any atom is 0.231 e. The van der Waals surface area contributed by atoms with Gasteiger partial charge in [0.2, 0.25) is 13.6 Å². The second kappa shape index (κ2) is 4.48. The molecule has 26 heavy (non-hydrogen) atoms. The maximum absolute atomic E-state index is 13.0. The summed E-state index contributed by atoms with van der Waals surface area (Å²) >= 11 is 0. The molecule has 4 heterocycles. The summed E-state index contributed by atoms with van der Waals surface area (Å²) in [6, 6.07) is 6.03. The predicted molar refractivity (Wildman–Crippen MR) is 86.7 cm³/mol. The minimum absolute atomic E-state index is 0.0431. The maximum atomic E-state index is 13.0. The predicted octanol–water partition coefficient (Wildman–Crippen LogP) is 1.92. The number of hydrogen-bond donors (Lipinski definition) is 2. The van der Waals surface area contributed by atoms with Crippen LogP contribution in [0, 0.1) is 0 Å². The summed E-state index contributed by atoms with van der Waals surface area (Å²) in [7, 11) is 0. The molecule has 6 rings (SSSR count). The summed E-state index contributed by atoms with van der Waals surface area (Å²) in [6.07, 6.45) is 0. The van der Waals surface area contributed by atoms with Crippen molar-refractivity contribution in [2.45, 2.75) is 0 Å². The summed E-state index contributed by atoms with van der Waals surface area (Å²) in [5, 5.41) is 26.5. The van der Waals surface area contributed by atoms with Gasteiger partial charge in [-0.1, -0.05) is 11.5 Å². The summed E-state index contributed by atoms with van der Waals surface area (Å²) in [5.41, 5.74) is 0.139. The first-order valence-electron chi connectivity index (χ1n) is 8.73. The second-order valence-electron chi connectivity index (χ2n) is 6.02. The van der Waals surface area contributed by atoms with Crippen molar-refractivity contribution in [3.63, 3.8) is 0 Å². The fraction of sp³-hybridized carbons (Fsp3) is 0.111. The van der Waals surface area contributed by atoms with Gasteiger partial charge in [0.25, 0.3) is 0 Å². The summed E-state index contributed by atoms with van der Waals surface area (Å²) in [5.74, 6) is 0.588. The van der Waals surface area contributed by atoms with E-state index < -0.39 is 11.5 Å². The molecule has 0 spiro atoms. The van der Waals surface area contributed by atoms with Crippen LogP contribution < -0.4 is 29.2 Å². The number of aromatic nitrogens is 2. The molecule has 0 unspecified atom stereocenters. The molecule has 2 aliphatic heterocycles. The van der Waals surface area contributed by atoms with Gasteiger partial charge in [0.1, 0.15) is 0 Å². The number of benzene rings is 2. The minimum Gasteiger partial charge on any atom is -0.871 e. The summed E-state index contributed by atoms with van der Waals surface area (Å²) < 4.78 is 38.0. The number of fused-ring (bicyclic) bond motifs is 4. The molecule has 8 heteroatoms. The fourth-order valence-electron chi connectivity index (χ4n) is 3.33. The molecule has 0 saturated carbocycles. The zero-order valence-corrected chi connectivity index (χ0v) is 13.1. The van der Waals surface area contributed by atoms with E-state index >= 15 is 0 Å². The highest BCUT2D eigenvalue weighted by Gasteiger charge is 2.20. The Hall–Kier alpha value is -3.68. The normalized spacial score (nSPS) is 15.7. The van der Waals surface area contributed by atoms with Gasteiger partial charge in [-0.05, 0) is 22.9 Å². The van der Waals surface area contributed by atoms with Crippen LogP contribution >= 0.6 is 0 Å². The van der Waals surface area contributed by atoms with Gasteiger partial charge in [0.15, 0.2) is 25.8 Å². The molecule has 0 aliphatic carbocycles. The molecule has 0 amide bonds. The van der Waals surface area contributed by atoms with Crippen molar-refractivity contribution < 1.29 is 32.0 Å². The van der Waals surface area contributed by atoms with E-state index in [9.17, 15) is 10.2 Å². The van der Waals surface area contributed by atoms with Gasteiger partial charge in [-0.2, -0.15) is 0 Å². The van der Waals surface area contributed by atoms with Crippen molar-refractivity contribution in [3.8, 4) is 45.9 Å². The van der Waals surface area contributed by atoms with Crippen LogP contribution in [0.2, 0.25) is 2.82 Å². The Labute approximate surface area is 148 Å². The number of aromatic amines is 2. The highest BCUT2D eigenvalue weighted by molar-refractivity contribution is 6.00. The van der Waals surface area contributed by atoms with E-state index in [-0.39, 0.29) is 46.8 Å². The van der Waals surface area contributed by atoms with Crippen molar-refractivity contribution in [1.29, 1.82) is 0 Å². The Kier molecular flexibility index (Phi) is 2.03. The molecular formula is C18H10N2O6-2. The van der Waals surface area contributed by atoms with Crippen molar-refractivity contribution >= 4 is 21.8 Å². The largest absolute Gasteiger partial charge is 0.871 e. The van der Waals surface area contributed by atoms with E-state index in [0.717, 1.165) is 9.95 Å². The van der Waals surface area contributed by atoms with E-state index in [4.69, 9.17) is 21.8 Å². The number of rotatable bonds is 1. The molecule has 0 saturated heterocycles. The van der Waals surface area contributed by atoms with E-state index in [1.807, 2.05) is 0 Å². The molecule has 2 aromatic heterocycles. The molecule has 8 nitrogen and oxygen atoms in total. The topological polar surface area (TPSA) is 115 Å². The van der Waals surface area contributed by atoms with E-state index in [1.165, 1.54) is 24.3 Å². The quantitative estimate of drug-likeness (QED) is 0.541. The van der Waals surface area contributed by atoms with Crippen molar-refractivity contribution in [1.82, 2.24) is 9.95 Å². The standard InChI is InChI=1S/C18H12N2O6/c21-17-7-1-11-13(25-5-23-11)3-9(7)19-15(17)16-18(22)8-2-12-14(26-6-24-12)4-10(8)20-16/h1-4,19-22H,5-6H2/p-2/i/hD2. The van der Waals surface area contributed by atoms with Crippen molar-refractivity contribution in [2.24, 2.45) is 0 Å². The Morgan fingerprint density at radius 3 is 1.50 bits per heavy atom. The molecular weight excluding hydrogens is 340 g/mol. The molecule has 4 aromatic rings. The van der Waals surface area contributed by atoms with E-state index in [2.05, 4.69) is 0 Å². The lowest BCUT2D eigenvalue weighted by molar-refractivity contribution is -0.268. The smallest absolute Gasteiger partial charge is 0.231 e. The highest BCUT2D eigenvalue weighted by Crippen LogP contribution is 2.46. The molecule has 2 aromatic carbocycles. The second-order valence-corrected chi connectivity index (χ2v) is 6.02. The molecule has 130 valence electrons. The average molecular weight is 352 g/mol.